The highest BCUT2D eigenvalue weighted by Gasteiger charge is 2.11. The molecule has 2 rings (SSSR count). The third-order valence-corrected chi connectivity index (χ3v) is 3.11. The van der Waals surface area contributed by atoms with Gasteiger partial charge in [-0.3, -0.25) is 0 Å². The van der Waals surface area contributed by atoms with Gasteiger partial charge in [-0.1, -0.05) is 17.7 Å². The molecular weight excluding hydrogens is 252 g/mol. The molecule has 78 valence electrons. The predicted octanol–water partition coefficient (Wildman–Crippen LogP) is 3.76. The molecule has 1 heterocycles. The number of benzene rings is 1. The van der Waals surface area contributed by atoms with Crippen LogP contribution in [0.15, 0.2) is 23.1 Å². The summed E-state index contributed by atoms with van der Waals surface area (Å²) in [5.41, 5.74) is 6.03. The Morgan fingerprint density at radius 3 is 2.20 bits per heavy atom. The molecule has 3 heteroatoms. The number of imidazole rings is 1. The van der Waals surface area contributed by atoms with E-state index in [0.717, 1.165) is 10.3 Å². The summed E-state index contributed by atoms with van der Waals surface area (Å²) in [5, 5.41) is 0. The Morgan fingerprint density at radius 1 is 1.13 bits per heavy atom. The van der Waals surface area contributed by atoms with Crippen molar-refractivity contribution < 1.29 is 0 Å². The van der Waals surface area contributed by atoms with Crippen molar-refractivity contribution in [1.82, 2.24) is 9.97 Å². The molecule has 0 fully saturated rings. The molecule has 0 saturated carbocycles. The van der Waals surface area contributed by atoms with E-state index < -0.39 is 0 Å². The molecule has 0 spiro atoms. The van der Waals surface area contributed by atoms with Crippen molar-refractivity contribution >= 4 is 15.9 Å². The third kappa shape index (κ3) is 1.84. The van der Waals surface area contributed by atoms with Crippen molar-refractivity contribution in [3.63, 3.8) is 0 Å². The van der Waals surface area contributed by atoms with Crippen molar-refractivity contribution in [2.45, 2.75) is 20.8 Å². The van der Waals surface area contributed by atoms with Gasteiger partial charge < -0.3 is 4.98 Å². The lowest BCUT2D eigenvalue weighted by atomic mass is 9.98. The second-order valence-electron chi connectivity index (χ2n) is 3.84. The van der Waals surface area contributed by atoms with Gasteiger partial charge in [0.1, 0.15) is 10.3 Å². The molecule has 1 aromatic carbocycles. The number of H-pyrrole nitrogens is 1. The van der Waals surface area contributed by atoms with Gasteiger partial charge in [0.2, 0.25) is 0 Å². The maximum absolute atomic E-state index is 4.33. The van der Waals surface area contributed by atoms with E-state index >= 15 is 0 Å². The molecule has 0 aliphatic carbocycles. The predicted molar refractivity (Wildman–Crippen MR) is 65.9 cm³/mol. The average molecular weight is 265 g/mol. The molecule has 0 atom stereocenters. The molecule has 0 amide bonds. The van der Waals surface area contributed by atoms with Gasteiger partial charge >= 0.3 is 0 Å². The van der Waals surface area contributed by atoms with Crippen molar-refractivity contribution in [2.75, 3.05) is 0 Å². The van der Waals surface area contributed by atoms with E-state index in [1.54, 1.807) is 6.33 Å². The number of rotatable bonds is 1. The van der Waals surface area contributed by atoms with Crippen LogP contribution in [0.4, 0.5) is 0 Å². The summed E-state index contributed by atoms with van der Waals surface area (Å²) in [6, 6.07) is 4.37. The lowest BCUT2D eigenvalue weighted by Crippen LogP contribution is -1.90. The van der Waals surface area contributed by atoms with Crippen LogP contribution in [0, 0.1) is 20.8 Å². The SMILES string of the molecule is Cc1cc(C)c(-c2nc[nH]c2Br)c(C)c1. The van der Waals surface area contributed by atoms with Gasteiger partial charge in [-0.25, -0.2) is 4.98 Å². The van der Waals surface area contributed by atoms with Crippen molar-refractivity contribution in [3.8, 4) is 11.3 Å². The van der Waals surface area contributed by atoms with Crippen LogP contribution in [0.5, 0.6) is 0 Å². The Hall–Kier alpha value is -1.09. The Bertz CT molecular complexity index is 477. The Labute approximate surface area is 97.9 Å². The number of aromatic nitrogens is 2. The molecule has 0 aliphatic heterocycles. The smallest absolute Gasteiger partial charge is 0.110 e. The molecule has 0 radical (unpaired) electrons. The summed E-state index contributed by atoms with van der Waals surface area (Å²) in [5.74, 6) is 0. The zero-order chi connectivity index (χ0) is 11.0. The third-order valence-electron chi connectivity index (χ3n) is 2.51. The first-order valence-electron chi connectivity index (χ1n) is 4.86. The summed E-state index contributed by atoms with van der Waals surface area (Å²) < 4.78 is 0.942. The fourth-order valence-electron chi connectivity index (χ4n) is 2.01. The molecule has 0 unspecified atom stereocenters. The standard InChI is InChI=1S/C12H13BrN2/c1-7-4-8(2)10(9(3)5-7)11-12(13)15-6-14-11/h4-6H,1-3H3,(H,14,15). The van der Waals surface area contributed by atoms with Crippen LogP contribution in [0.3, 0.4) is 0 Å². The van der Waals surface area contributed by atoms with E-state index in [-0.39, 0.29) is 0 Å². The lowest BCUT2D eigenvalue weighted by molar-refractivity contribution is 1.28. The van der Waals surface area contributed by atoms with Gasteiger partial charge in [-0.2, -0.15) is 0 Å². The number of hydrogen-bond donors (Lipinski definition) is 1. The Kier molecular flexibility index (Phi) is 2.65. The van der Waals surface area contributed by atoms with E-state index in [0.29, 0.717) is 0 Å². The number of nitrogens with one attached hydrogen (secondary N) is 1. The zero-order valence-corrected chi connectivity index (χ0v) is 10.6. The fourth-order valence-corrected chi connectivity index (χ4v) is 2.41. The van der Waals surface area contributed by atoms with Crippen LogP contribution >= 0.6 is 15.9 Å². The van der Waals surface area contributed by atoms with Gasteiger partial charge in [-0.05, 0) is 47.8 Å². The summed E-state index contributed by atoms with van der Waals surface area (Å²) >= 11 is 3.47. The quantitative estimate of drug-likeness (QED) is 0.835. The van der Waals surface area contributed by atoms with E-state index in [1.807, 2.05) is 0 Å². The summed E-state index contributed by atoms with van der Waals surface area (Å²) in [4.78, 5) is 7.38. The first-order valence-corrected chi connectivity index (χ1v) is 5.66. The highest BCUT2D eigenvalue weighted by Crippen LogP contribution is 2.31. The van der Waals surface area contributed by atoms with E-state index in [2.05, 4.69) is 58.8 Å². The largest absolute Gasteiger partial charge is 0.339 e. The first-order chi connectivity index (χ1) is 7.09. The number of aryl methyl sites for hydroxylation is 3. The van der Waals surface area contributed by atoms with E-state index in [1.165, 1.54) is 22.3 Å². The van der Waals surface area contributed by atoms with Crippen molar-refractivity contribution in [1.29, 1.82) is 0 Å². The second kappa shape index (κ2) is 3.81. The van der Waals surface area contributed by atoms with Crippen LogP contribution in [0.1, 0.15) is 16.7 Å². The molecular formula is C12H13BrN2. The minimum Gasteiger partial charge on any atom is -0.339 e. The Balaban J connectivity index is 2.68. The lowest BCUT2D eigenvalue weighted by Gasteiger charge is -2.09. The fraction of sp³-hybridized carbons (Fsp3) is 0.250. The molecule has 15 heavy (non-hydrogen) atoms. The highest BCUT2D eigenvalue weighted by molar-refractivity contribution is 9.10. The molecule has 1 N–H and O–H groups in total. The van der Waals surface area contributed by atoms with Gasteiger partial charge in [0.25, 0.3) is 0 Å². The van der Waals surface area contributed by atoms with Crippen LogP contribution in [0.25, 0.3) is 11.3 Å². The van der Waals surface area contributed by atoms with Gasteiger partial charge in [0, 0.05) is 5.56 Å². The van der Waals surface area contributed by atoms with Crippen LogP contribution < -0.4 is 0 Å². The second-order valence-corrected chi connectivity index (χ2v) is 4.63. The number of aromatic amines is 1. The number of halogens is 1. The summed E-state index contributed by atoms with van der Waals surface area (Å²) in [6.45, 7) is 6.36. The maximum atomic E-state index is 4.33. The minimum atomic E-state index is 0.942. The normalized spacial score (nSPS) is 10.7. The van der Waals surface area contributed by atoms with Crippen molar-refractivity contribution in [2.24, 2.45) is 0 Å². The number of hydrogen-bond acceptors (Lipinski definition) is 1. The molecule has 1 aromatic heterocycles. The van der Waals surface area contributed by atoms with Gasteiger partial charge in [-0.15, -0.1) is 0 Å². The zero-order valence-electron chi connectivity index (χ0n) is 9.06. The maximum Gasteiger partial charge on any atom is 0.110 e. The van der Waals surface area contributed by atoms with Crippen LogP contribution in [0.2, 0.25) is 0 Å². The van der Waals surface area contributed by atoms with Gasteiger partial charge in [0.15, 0.2) is 0 Å². The molecule has 0 bridgehead atoms. The Morgan fingerprint density at radius 2 is 1.73 bits per heavy atom. The summed E-state index contributed by atoms with van der Waals surface area (Å²) in [6.07, 6.45) is 1.71. The van der Waals surface area contributed by atoms with E-state index in [4.69, 9.17) is 0 Å². The van der Waals surface area contributed by atoms with Gasteiger partial charge in [0.05, 0.1) is 6.33 Å². The summed E-state index contributed by atoms with van der Waals surface area (Å²) in [7, 11) is 0. The molecule has 0 aliphatic rings. The first kappa shape index (κ1) is 10.4. The average Bonchev–Trinajstić information content (AvgIpc) is 2.50. The molecule has 2 aromatic rings. The monoisotopic (exact) mass is 264 g/mol. The van der Waals surface area contributed by atoms with Crippen LogP contribution in [-0.2, 0) is 0 Å². The topological polar surface area (TPSA) is 28.7 Å². The molecule has 0 saturated heterocycles. The molecule has 2 nitrogen and oxygen atoms in total. The minimum absolute atomic E-state index is 0.942. The number of nitrogens with zero attached hydrogens (tertiary/aromatic N) is 1. The van der Waals surface area contributed by atoms with Crippen LogP contribution in [-0.4, -0.2) is 9.97 Å². The van der Waals surface area contributed by atoms with Crippen molar-refractivity contribution in [3.05, 3.63) is 39.8 Å². The van der Waals surface area contributed by atoms with E-state index in [9.17, 15) is 0 Å². The highest BCUT2D eigenvalue weighted by atomic mass is 79.9.